The number of halogens is 1. The van der Waals surface area contributed by atoms with Crippen molar-refractivity contribution in [2.45, 2.75) is 65.3 Å². The molecule has 0 aromatic rings. The Morgan fingerprint density at radius 1 is 1.24 bits per heavy atom. The van der Waals surface area contributed by atoms with E-state index >= 15 is 0 Å². The maximum absolute atomic E-state index is 3.73. The molecule has 0 radical (unpaired) electrons. The molecule has 1 rings (SSSR count). The van der Waals surface area contributed by atoms with Crippen molar-refractivity contribution in [2.75, 3.05) is 18.9 Å². The van der Waals surface area contributed by atoms with E-state index in [9.17, 15) is 0 Å². The predicted octanol–water partition coefficient (Wildman–Crippen LogP) is 4.70. The third-order valence-corrected chi connectivity index (χ3v) is 6.09. The van der Waals surface area contributed by atoms with Gasteiger partial charge in [-0.2, -0.15) is 0 Å². The average Bonchev–Trinajstić information content (AvgIpc) is 2.36. The maximum atomic E-state index is 3.73. The zero-order chi connectivity index (χ0) is 12.9. The lowest BCUT2D eigenvalue weighted by Crippen LogP contribution is -2.43. The number of hydrogen-bond acceptors (Lipinski definition) is 1. The van der Waals surface area contributed by atoms with Gasteiger partial charge in [0.1, 0.15) is 0 Å². The molecule has 102 valence electrons. The van der Waals surface area contributed by atoms with Crippen LogP contribution in [0.25, 0.3) is 0 Å². The highest BCUT2D eigenvalue weighted by atomic mass is 79.9. The van der Waals surface area contributed by atoms with Gasteiger partial charge in [-0.05, 0) is 44.1 Å². The van der Waals surface area contributed by atoms with Crippen molar-refractivity contribution in [3.8, 4) is 0 Å². The smallest absolute Gasteiger partial charge is 0.01000 e. The summed E-state index contributed by atoms with van der Waals surface area (Å²) in [6.07, 6.45) is 8.24. The molecule has 2 atom stereocenters. The summed E-state index contributed by atoms with van der Waals surface area (Å²) in [4.78, 5) is 2.64. The average molecular weight is 304 g/mol. The van der Waals surface area contributed by atoms with E-state index in [4.69, 9.17) is 0 Å². The number of alkyl halides is 1. The summed E-state index contributed by atoms with van der Waals surface area (Å²) in [5.74, 6) is 0.929. The number of hydrogen-bond donors (Lipinski definition) is 0. The Balaban J connectivity index is 2.54. The quantitative estimate of drug-likeness (QED) is 0.643. The minimum absolute atomic E-state index is 0.482. The molecule has 1 fully saturated rings. The molecule has 1 aliphatic rings. The van der Waals surface area contributed by atoms with Gasteiger partial charge in [0.05, 0.1) is 0 Å². The van der Waals surface area contributed by atoms with Crippen LogP contribution in [-0.4, -0.2) is 29.9 Å². The summed E-state index contributed by atoms with van der Waals surface area (Å²) >= 11 is 3.73. The molecule has 0 aromatic heterocycles. The maximum Gasteiger partial charge on any atom is 0.01000 e. The second kappa shape index (κ2) is 7.13. The van der Waals surface area contributed by atoms with Gasteiger partial charge in [-0.15, -0.1) is 0 Å². The molecule has 0 spiro atoms. The minimum Gasteiger partial charge on any atom is -0.303 e. The zero-order valence-corrected chi connectivity index (χ0v) is 13.7. The predicted molar refractivity (Wildman–Crippen MR) is 80.9 cm³/mol. The van der Waals surface area contributed by atoms with E-state index < -0.39 is 0 Å². The third-order valence-electron chi connectivity index (χ3n) is 4.90. The Bertz CT molecular complexity index is 205. The van der Waals surface area contributed by atoms with Crippen molar-refractivity contribution in [2.24, 2.45) is 11.3 Å². The van der Waals surface area contributed by atoms with Gasteiger partial charge in [0.2, 0.25) is 0 Å². The van der Waals surface area contributed by atoms with Crippen LogP contribution in [0, 0.1) is 11.3 Å². The van der Waals surface area contributed by atoms with Crippen molar-refractivity contribution in [3.05, 3.63) is 0 Å². The van der Waals surface area contributed by atoms with Crippen molar-refractivity contribution >= 4 is 15.9 Å². The highest BCUT2D eigenvalue weighted by molar-refractivity contribution is 9.09. The lowest BCUT2D eigenvalue weighted by atomic mass is 9.81. The van der Waals surface area contributed by atoms with Gasteiger partial charge in [-0.25, -0.2) is 0 Å². The number of nitrogens with zero attached hydrogens (tertiary/aromatic N) is 1. The third kappa shape index (κ3) is 4.24. The first-order chi connectivity index (χ1) is 8.06. The van der Waals surface area contributed by atoms with Crippen LogP contribution in [0.1, 0.15) is 59.3 Å². The fourth-order valence-electron chi connectivity index (χ4n) is 3.17. The van der Waals surface area contributed by atoms with Crippen molar-refractivity contribution in [1.82, 2.24) is 4.90 Å². The fourth-order valence-corrected chi connectivity index (χ4v) is 4.14. The molecule has 2 heteroatoms. The van der Waals surface area contributed by atoms with Crippen LogP contribution in [0.2, 0.25) is 0 Å². The van der Waals surface area contributed by atoms with Crippen LogP contribution < -0.4 is 0 Å². The lowest BCUT2D eigenvalue weighted by molar-refractivity contribution is 0.106. The molecule has 1 nitrogen and oxygen atoms in total. The van der Waals surface area contributed by atoms with Gasteiger partial charge in [0.25, 0.3) is 0 Å². The molecule has 2 unspecified atom stereocenters. The Hall–Kier alpha value is 0.440. The Kier molecular flexibility index (Phi) is 6.50. The number of rotatable bonds is 6. The van der Waals surface area contributed by atoms with E-state index in [0.29, 0.717) is 5.41 Å². The van der Waals surface area contributed by atoms with Gasteiger partial charge in [0.15, 0.2) is 0 Å². The van der Waals surface area contributed by atoms with E-state index in [1.54, 1.807) is 0 Å². The Morgan fingerprint density at radius 3 is 2.35 bits per heavy atom. The van der Waals surface area contributed by atoms with E-state index in [2.05, 4.69) is 48.6 Å². The molecular formula is C15H30BrN. The topological polar surface area (TPSA) is 3.24 Å². The van der Waals surface area contributed by atoms with Gasteiger partial charge < -0.3 is 4.90 Å². The first-order valence-electron chi connectivity index (χ1n) is 7.33. The first-order valence-corrected chi connectivity index (χ1v) is 8.45. The van der Waals surface area contributed by atoms with Gasteiger partial charge in [-0.1, -0.05) is 49.5 Å². The summed E-state index contributed by atoms with van der Waals surface area (Å²) < 4.78 is 0. The van der Waals surface area contributed by atoms with Crippen LogP contribution in [0.4, 0.5) is 0 Å². The first kappa shape index (κ1) is 15.5. The summed E-state index contributed by atoms with van der Waals surface area (Å²) in [6.45, 7) is 8.34. The molecule has 0 amide bonds. The summed E-state index contributed by atoms with van der Waals surface area (Å²) in [7, 11) is 2.34. The second-order valence-electron chi connectivity index (χ2n) is 6.18. The molecule has 0 bridgehead atoms. The van der Waals surface area contributed by atoms with Crippen LogP contribution in [0.5, 0.6) is 0 Å². The minimum atomic E-state index is 0.482. The van der Waals surface area contributed by atoms with Crippen LogP contribution >= 0.6 is 15.9 Å². The van der Waals surface area contributed by atoms with Crippen LogP contribution in [-0.2, 0) is 0 Å². The molecule has 1 saturated carbocycles. The molecule has 0 aromatic carbocycles. The Labute approximate surface area is 116 Å². The molecule has 0 aliphatic heterocycles. The molecule has 1 aliphatic carbocycles. The molecule has 17 heavy (non-hydrogen) atoms. The lowest BCUT2D eigenvalue weighted by Gasteiger charge is -2.40. The van der Waals surface area contributed by atoms with Crippen molar-refractivity contribution < 1.29 is 0 Å². The molecule has 0 heterocycles. The van der Waals surface area contributed by atoms with Gasteiger partial charge in [0, 0.05) is 17.9 Å². The Morgan fingerprint density at radius 2 is 1.88 bits per heavy atom. The van der Waals surface area contributed by atoms with E-state index in [1.165, 1.54) is 45.1 Å². The summed E-state index contributed by atoms with van der Waals surface area (Å²) in [5.41, 5.74) is 0.482. The van der Waals surface area contributed by atoms with Gasteiger partial charge in [-0.3, -0.25) is 0 Å². The standard InChI is InChI=1S/C15H30BrN/c1-5-15(6-2,11-16)12-17(4)14-9-7-8-13(3)10-14/h13-14H,5-12H2,1-4H3. The molecular weight excluding hydrogens is 274 g/mol. The highest BCUT2D eigenvalue weighted by Gasteiger charge is 2.30. The van der Waals surface area contributed by atoms with E-state index in [0.717, 1.165) is 17.3 Å². The molecule has 0 N–H and O–H groups in total. The zero-order valence-electron chi connectivity index (χ0n) is 12.1. The van der Waals surface area contributed by atoms with E-state index in [1.807, 2.05) is 0 Å². The van der Waals surface area contributed by atoms with Crippen LogP contribution in [0.15, 0.2) is 0 Å². The summed E-state index contributed by atoms with van der Waals surface area (Å²) in [6, 6.07) is 0.829. The second-order valence-corrected chi connectivity index (χ2v) is 6.74. The highest BCUT2D eigenvalue weighted by Crippen LogP contribution is 2.33. The summed E-state index contributed by atoms with van der Waals surface area (Å²) in [5, 5.41) is 1.14. The van der Waals surface area contributed by atoms with Crippen molar-refractivity contribution in [3.63, 3.8) is 0 Å². The van der Waals surface area contributed by atoms with Crippen LogP contribution in [0.3, 0.4) is 0 Å². The largest absolute Gasteiger partial charge is 0.303 e. The monoisotopic (exact) mass is 303 g/mol. The SMILES string of the molecule is CCC(CC)(CBr)CN(C)C1CCCC(C)C1. The fraction of sp³-hybridized carbons (Fsp3) is 1.00. The van der Waals surface area contributed by atoms with E-state index in [-0.39, 0.29) is 0 Å². The molecule has 0 saturated heterocycles. The normalized spacial score (nSPS) is 26.5. The van der Waals surface area contributed by atoms with Crippen molar-refractivity contribution in [1.29, 1.82) is 0 Å². The van der Waals surface area contributed by atoms with Gasteiger partial charge >= 0.3 is 0 Å².